The first kappa shape index (κ1) is 14.2. The van der Waals surface area contributed by atoms with Crippen LogP contribution >= 0.6 is 23.4 Å². The van der Waals surface area contributed by atoms with Crippen molar-refractivity contribution in [2.75, 3.05) is 23.5 Å². The molecular formula is C13H15ClN2O2S. The van der Waals surface area contributed by atoms with Gasteiger partial charge in [-0.2, -0.15) is 11.8 Å². The molecule has 0 unspecified atom stereocenters. The third-order valence-corrected chi connectivity index (χ3v) is 3.72. The lowest BCUT2D eigenvalue weighted by atomic mass is 10.2. The van der Waals surface area contributed by atoms with Gasteiger partial charge in [0.1, 0.15) is 6.04 Å². The average Bonchev–Trinajstić information content (AvgIpc) is 2.71. The minimum atomic E-state index is -0.418. The van der Waals surface area contributed by atoms with Crippen LogP contribution in [-0.2, 0) is 9.59 Å². The second-order valence-corrected chi connectivity index (χ2v) is 5.61. The lowest BCUT2D eigenvalue weighted by Crippen LogP contribution is -2.42. The zero-order valence-electron chi connectivity index (χ0n) is 10.6. The van der Waals surface area contributed by atoms with Crippen LogP contribution in [0, 0.1) is 0 Å². The number of carbonyl (C=O) groups is 2. The molecule has 0 spiro atoms. The van der Waals surface area contributed by atoms with E-state index in [2.05, 4.69) is 5.32 Å². The van der Waals surface area contributed by atoms with Gasteiger partial charge in [-0.3, -0.25) is 9.59 Å². The summed E-state index contributed by atoms with van der Waals surface area (Å²) >= 11 is 7.36. The topological polar surface area (TPSA) is 49.4 Å². The van der Waals surface area contributed by atoms with Gasteiger partial charge in [-0.25, -0.2) is 0 Å². The fraction of sp³-hybridized carbons (Fsp3) is 0.385. The van der Waals surface area contributed by atoms with Crippen LogP contribution in [0.2, 0.25) is 5.02 Å². The summed E-state index contributed by atoms with van der Waals surface area (Å²) in [5, 5.41) is 3.36. The smallest absolute Gasteiger partial charge is 0.249 e. The summed E-state index contributed by atoms with van der Waals surface area (Å²) < 4.78 is 0. The molecule has 4 nitrogen and oxygen atoms in total. The number of nitrogens with one attached hydrogen (secondary N) is 1. The molecule has 19 heavy (non-hydrogen) atoms. The molecule has 102 valence electrons. The summed E-state index contributed by atoms with van der Waals surface area (Å²) in [7, 11) is 0. The Kier molecular flexibility index (Phi) is 4.71. The summed E-state index contributed by atoms with van der Waals surface area (Å²) in [4.78, 5) is 25.4. The number of halogens is 1. The van der Waals surface area contributed by atoms with Crippen LogP contribution < -0.4 is 10.2 Å². The highest BCUT2D eigenvalue weighted by Crippen LogP contribution is 2.24. The highest BCUT2D eigenvalue weighted by atomic mass is 35.5. The molecule has 1 aliphatic rings. The van der Waals surface area contributed by atoms with Gasteiger partial charge < -0.3 is 10.2 Å². The van der Waals surface area contributed by atoms with E-state index < -0.39 is 6.04 Å². The van der Waals surface area contributed by atoms with Gasteiger partial charge in [0, 0.05) is 17.3 Å². The number of hydrogen-bond donors (Lipinski definition) is 1. The molecule has 0 aromatic heterocycles. The van der Waals surface area contributed by atoms with E-state index in [9.17, 15) is 9.59 Å². The largest absolute Gasteiger partial charge is 0.343 e. The molecule has 1 fully saturated rings. The quantitative estimate of drug-likeness (QED) is 0.924. The summed E-state index contributed by atoms with van der Waals surface area (Å²) in [6, 6.07) is 6.76. The standard InChI is InChI=1S/C13H15ClN2O2S/c1-19-8-12(17)15-11-5-6-16(13(11)18)10-4-2-3-9(14)7-10/h2-4,7,11H,5-6,8H2,1H3,(H,15,17)/t11-/m1/s1. The van der Waals surface area contributed by atoms with Crippen LogP contribution in [0.15, 0.2) is 24.3 Å². The summed E-state index contributed by atoms with van der Waals surface area (Å²) in [6.07, 6.45) is 2.49. The maximum Gasteiger partial charge on any atom is 0.249 e. The Morgan fingerprint density at radius 1 is 1.58 bits per heavy atom. The fourth-order valence-electron chi connectivity index (χ4n) is 2.08. The van der Waals surface area contributed by atoms with E-state index in [4.69, 9.17) is 11.6 Å². The normalized spacial score (nSPS) is 18.7. The maximum atomic E-state index is 12.2. The third kappa shape index (κ3) is 3.42. The molecule has 1 heterocycles. The van der Waals surface area contributed by atoms with Crippen molar-refractivity contribution < 1.29 is 9.59 Å². The molecule has 6 heteroatoms. The number of nitrogens with zero attached hydrogens (tertiary/aromatic N) is 1. The van der Waals surface area contributed by atoms with Crippen LogP contribution in [0.25, 0.3) is 0 Å². The first-order valence-electron chi connectivity index (χ1n) is 5.97. The van der Waals surface area contributed by atoms with Crippen molar-refractivity contribution in [2.24, 2.45) is 0 Å². The van der Waals surface area contributed by atoms with Gasteiger partial charge in [0.25, 0.3) is 0 Å². The number of anilines is 1. The third-order valence-electron chi connectivity index (χ3n) is 2.94. The molecule has 0 saturated carbocycles. The maximum absolute atomic E-state index is 12.2. The molecule has 1 aliphatic heterocycles. The van der Waals surface area contributed by atoms with Gasteiger partial charge in [-0.1, -0.05) is 17.7 Å². The molecule has 0 radical (unpaired) electrons. The van der Waals surface area contributed by atoms with Crippen LogP contribution in [0.3, 0.4) is 0 Å². The number of thioether (sulfide) groups is 1. The predicted molar refractivity (Wildman–Crippen MR) is 78.7 cm³/mol. The molecule has 1 aromatic rings. The average molecular weight is 299 g/mol. The summed E-state index contributed by atoms with van der Waals surface area (Å²) in [5.74, 6) is 0.205. The van der Waals surface area contributed by atoms with Crippen LogP contribution in [0.4, 0.5) is 5.69 Å². The summed E-state index contributed by atoms with van der Waals surface area (Å²) in [6.45, 7) is 0.601. The predicted octanol–water partition coefficient (Wildman–Crippen LogP) is 1.92. The van der Waals surface area contributed by atoms with E-state index in [-0.39, 0.29) is 11.8 Å². The molecule has 1 N–H and O–H groups in total. The highest BCUT2D eigenvalue weighted by molar-refractivity contribution is 7.99. The van der Waals surface area contributed by atoms with Gasteiger partial charge in [0.15, 0.2) is 0 Å². The van der Waals surface area contributed by atoms with E-state index in [1.54, 1.807) is 17.0 Å². The molecule has 1 saturated heterocycles. The van der Waals surface area contributed by atoms with E-state index in [1.165, 1.54) is 11.8 Å². The second kappa shape index (κ2) is 6.30. The Morgan fingerprint density at radius 3 is 3.05 bits per heavy atom. The minimum Gasteiger partial charge on any atom is -0.343 e. The fourth-order valence-corrected chi connectivity index (χ4v) is 2.61. The van der Waals surface area contributed by atoms with Gasteiger partial charge in [-0.05, 0) is 30.9 Å². The lowest BCUT2D eigenvalue weighted by molar-refractivity contribution is -0.124. The first-order valence-corrected chi connectivity index (χ1v) is 7.74. The van der Waals surface area contributed by atoms with Crippen LogP contribution in [0.1, 0.15) is 6.42 Å². The van der Waals surface area contributed by atoms with Crippen molar-refractivity contribution >= 4 is 40.9 Å². The number of hydrogen-bond acceptors (Lipinski definition) is 3. The number of carbonyl (C=O) groups excluding carboxylic acids is 2. The SMILES string of the molecule is CSCC(=O)N[C@@H]1CCN(c2cccc(Cl)c2)C1=O. The van der Waals surface area contributed by atoms with E-state index in [0.717, 1.165) is 5.69 Å². The number of amides is 2. The number of rotatable bonds is 4. The van der Waals surface area contributed by atoms with Gasteiger partial charge >= 0.3 is 0 Å². The van der Waals surface area contributed by atoms with Gasteiger partial charge in [0.2, 0.25) is 11.8 Å². The van der Waals surface area contributed by atoms with Crippen LogP contribution in [0.5, 0.6) is 0 Å². The minimum absolute atomic E-state index is 0.0725. The second-order valence-electron chi connectivity index (χ2n) is 4.31. The Bertz CT molecular complexity index is 495. The molecule has 0 aliphatic carbocycles. The molecule has 0 bridgehead atoms. The van der Waals surface area contributed by atoms with Crippen molar-refractivity contribution in [3.05, 3.63) is 29.3 Å². The zero-order chi connectivity index (χ0) is 13.8. The van der Waals surface area contributed by atoms with E-state index in [1.807, 2.05) is 18.4 Å². The highest BCUT2D eigenvalue weighted by Gasteiger charge is 2.33. The first-order chi connectivity index (χ1) is 9.11. The summed E-state index contributed by atoms with van der Waals surface area (Å²) in [5.41, 5.74) is 0.777. The Balaban J connectivity index is 2.03. The van der Waals surface area contributed by atoms with Gasteiger partial charge in [0.05, 0.1) is 5.75 Å². The van der Waals surface area contributed by atoms with Crippen molar-refractivity contribution in [1.82, 2.24) is 5.32 Å². The molecule has 2 amide bonds. The van der Waals surface area contributed by atoms with Crippen molar-refractivity contribution in [3.8, 4) is 0 Å². The Morgan fingerprint density at radius 2 is 2.37 bits per heavy atom. The van der Waals surface area contributed by atoms with E-state index >= 15 is 0 Å². The zero-order valence-corrected chi connectivity index (χ0v) is 12.1. The van der Waals surface area contributed by atoms with Crippen molar-refractivity contribution in [2.45, 2.75) is 12.5 Å². The lowest BCUT2D eigenvalue weighted by Gasteiger charge is -2.17. The van der Waals surface area contributed by atoms with E-state index in [0.29, 0.717) is 23.7 Å². The molecular weight excluding hydrogens is 284 g/mol. The Labute approximate surface area is 121 Å². The monoisotopic (exact) mass is 298 g/mol. The molecule has 2 rings (SSSR count). The molecule has 1 atom stereocenters. The number of benzene rings is 1. The van der Waals surface area contributed by atoms with Gasteiger partial charge in [-0.15, -0.1) is 0 Å². The van der Waals surface area contributed by atoms with Crippen molar-refractivity contribution in [3.63, 3.8) is 0 Å². The Hall–Kier alpha value is -1.20. The molecule has 1 aromatic carbocycles. The van der Waals surface area contributed by atoms with Crippen molar-refractivity contribution in [1.29, 1.82) is 0 Å². The van der Waals surface area contributed by atoms with Crippen LogP contribution in [-0.4, -0.2) is 36.4 Å².